The van der Waals surface area contributed by atoms with Gasteiger partial charge in [0.1, 0.15) is 5.75 Å². The van der Waals surface area contributed by atoms with E-state index in [1.807, 2.05) is 6.20 Å². The number of alkyl halides is 3. The fourth-order valence-electron chi connectivity index (χ4n) is 2.75. The maximum atomic E-state index is 12.9. The average Bonchev–Trinajstić information content (AvgIpc) is 3.23. The lowest BCUT2D eigenvalue weighted by Gasteiger charge is -2.14. The average molecular weight is 490 g/mol. The fourth-order valence-corrected chi connectivity index (χ4v) is 3.32. The third kappa shape index (κ3) is 6.04. The highest BCUT2D eigenvalue weighted by molar-refractivity contribution is 6.37. The first-order valence-electron chi connectivity index (χ1n) is 9.28. The predicted molar refractivity (Wildman–Crippen MR) is 112 cm³/mol. The van der Waals surface area contributed by atoms with Gasteiger partial charge >= 0.3 is 11.9 Å². The molecule has 0 radical (unpaired) electrons. The summed E-state index contributed by atoms with van der Waals surface area (Å²) in [5, 5.41) is 14.7. The lowest BCUT2D eigenvalue weighted by molar-refractivity contribution is -0.385. The zero-order valence-electron chi connectivity index (χ0n) is 16.3. The Morgan fingerprint density at radius 3 is 2.44 bits per heavy atom. The molecular formula is C20H16Cl2F3N3O4. The van der Waals surface area contributed by atoms with Crippen LogP contribution in [0.1, 0.15) is 18.4 Å². The number of unbranched alkanes of at least 4 members (excludes halogenated alkanes) is 1. The molecule has 170 valence electrons. The van der Waals surface area contributed by atoms with Crippen LogP contribution >= 0.6 is 23.2 Å². The summed E-state index contributed by atoms with van der Waals surface area (Å²) < 4.78 is 51.5. The number of hydrogen-bond acceptors (Lipinski definition) is 5. The van der Waals surface area contributed by atoms with Crippen LogP contribution < -0.4 is 9.47 Å². The highest BCUT2D eigenvalue weighted by Gasteiger charge is 2.32. The molecule has 0 saturated heterocycles. The molecule has 0 atom stereocenters. The first kappa shape index (κ1) is 23.7. The molecule has 0 fully saturated rings. The normalized spacial score (nSPS) is 11.4. The summed E-state index contributed by atoms with van der Waals surface area (Å²) in [7, 11) is 0. The highest BCUT2D eigenvalue weighted by atomic mass is 35.5. The molecule has 0 saturated carbocycles. The maximum Gasteiger partial charge on any atom is 0.416 e. The molecule has 32 heavy (non-hydrogen) atoms. The van der Waals surface area contributed by atoms with Gasteiger partial charge in [0.2, 0.25) is 5.75 Å². The summed E-state index contributed by atoms with van der Waals surface area (Å²) >= 11 is 11.8. The Bertz CT molecular complexity index is 1070. The van der Waals surface area contributed by atoms with Crippen molar-refractivity contribution < 1.29 is 27.6 Å². The summed E-state index contributed by atoms with van der Waals surface area (Å²) in [6, 6.07) is 6.88. The quantitative estimate of drug-likeness (QED) is 0.188. The van der Waals surface area contributed by atoms with Gasteiger partial charge in [-0.15, -0.1) is 0 Å². The van der Waals surface area contributed by atoms with Crippen LogP contribution in [0.4, 0.5) is 18.9 Å². The van der Waals surface area contributed by atoms with E-state index in [1.165, 1.54) is 18.2 Å². The lowest BCUT2D eigenvalue weighted by Crippen LogP contribution is -2.05. The SMILES string of the molecule is O=[N+]([O-])c1ccc(Oc2c(Cl)cc(C(F)(F)F)cc2Cl)cc1OCCCCn1cccn1. The van der Waals surface area contributed by atoms with Crippen molar-refractivity contribution in [1.29, 1.82) is 0 Å². The summed E-state index contributed by atoms with van der Waals surface area (Å²) in [6.45, 7) is 0.875. The number of nitro groups is 1. The summed E-state index contributed by atoms with van der Waals surface area (Å²) in [6.07, 6.45) is 0.212. The van der Waals surface area contributed by atoms with E-state index in [0.717, 1.165) is 6.42 Å². The molecule has 3 rings (SSSR count). The first-order valence-corrected chi connectivity index (χ1v) is 10.0. The van der Waals surface area contributed by atoms with Gasteiger partial charge in [0.15, 0.2) is 5.75 Å². The van der Waals surface area contributed by atoms with E-state index in [-0.39, 0.29) is 39.6 Å². The summed E-state index contributed by atoms with van der Waals surface area (Å²) in [4.78, 5) is 10.7. The molecule has 0 aliphatic carbocycles. The number of hydrogen-bond donors (Lipinski definition) is 0. The molecule has 1 heterocycles. The topological polar surface area (TPSA) is 79.4 Å². The molecule has 1 aromatic heterocycles. The number of aryl methyl sites for hydroxylation is 1. The Labute approximate surface area is 190 Å². The van der Waals surface area contributed by atoms with Crippen molar-refractivity contribution in [2.45, 2.75) is 25.6 Å². The Morgan fingerprint density at radius 1 is 1.12 bits per heavy atom. The molecule has 0 spiro atoms. The van der Waals surface area contributed by atoms with Crippen LogP contribution in [0.5, 0.6) is 17.2 Å². The minimum atomic E-state index is -4.63. The van der Waals surface area contributed by atoms with Crippen LogP contribution in [0.25, 0.3) is 0 Å². The molecule has 7 nitrogen and oxygen atoms in total. The third-order valence-electron chi connectivity index (χ3n) is 4.27. The Hall–Kier alpha value is -2.98. The van der Waals surface area contributed by atoms with Crippen molar-refractivity contribution >= 4 is 28.9 Å². The van der Waals surface area contributed by atoms with E-state index in [0.29, 0.717) is 25.1 Å². The zero-order valence-corrected chi connectivity index (χ0v) is 17.8. The van der Waals surface area contributed by atoms with Crippen LogP contribution in [0.2, 0.25) is 10.0 Å². The molecule has 0 unspecified atom stereocenters. The lowest BCUT2D eigenvalue weighted by atomic mass is 10.2. The molecule has 0 N–H and O–H groups in total. The number of rotatable bonds is 9. The van der Waals surface area contributed by atoms with Gasteiger partial charge in [-0.25, -0.2) is 0 Å². The molecule has 3 aromatic rings. The molecule has 2 aromatic carbocycles. The van der Waals surface area contributed by atoms with Gasteiger partial charge in [0, 0.05) is 31.1 Å². The highest BCUT2D eigenvalue weighted by Crippen LogP contribution is 2.42. The van der Waals surface area contributed by atoms with Gasteiger partial charge in [0.25, 0.3) is 0 Å². The number of benzene rings is 2. The predicted octanol–water partition coefficient (Wildman–Crippen LogP) is 6.77. The van der Waals surface area contributed by atoms with Crippen LogP contribution in [-0.4, -0.2) is 21.3 Å². The monoisotopic (exact) mass is 489 g/mol. The second-order valence-corrected chi connectivity index (χ2v) is 7.39. The Kier molecular flexibility index (Phi) is 7.47. The zero-order chi connectivity index (χ0) is 23.3. The van der Waals surface area contributed by atoms with Crippen LogP contribution in [-0.2, 0) is 12.7 Å². The number of nitro benzene ring substituents is 1. The van der Waals surface area contributed by atoms with E-state index in [4.69, 9.17) is 32.7 Å². The van der Waals surface area contributed by atoms with Crippen LogP contribution in [0.3, 0.4) is 0 Å². The first-order chi connectivity index (χ1) is 15.1. The molecule has 0 bridgehead atoms. The molecule has 12 heteroatoms. The van der Waals surface area contributed by atoms with Crippen molar-refractivity contribution in [2.75, 3.05) is 6.61 Å². The third-order valence-corrected chi connectivity index (χ3v) is 4.83. The van der Waals surface area contributed by atoms with E-state index in [1.54, 1.807) is 16.9 Å². The second-order valence-electron chi connectivity index (χ2n) is 6.58. The standard InChI is InChI=1S/C20H16Cl2F3N3O4/c21-15-10-13(20(23,24)25)11-16(22)19(15)32-14-4-5-17(28(29)30)18(12-14)31-9-2-1-7-27-8-3-6-26-27/h3-6,8,10-12H,1-2,7,9H2. The van der Waals surface area contributed by atoms with Crippen molar-refractivity contribution in [3.05, 3.63) is 74.5 Å². The summed E-state index contributed by atoms with van der Waals surface area (Å²) in [5.74, 6) is -0.197. The number of nitrogens with zero attached hydrogens (tertiary/aromatic N) is 3. The second kappa shape index (κ2) is 10.1. The van der Waals surface area contributed by atoms with E-state index >= 15 is 0 Å². The minimum absolute atomic E-state index is 0.0502. The Balaban J connectivity index is 1.72. The van der Waals surface area contributed by atoms with Crippen molar-refractivity contribution in [1.82, 2.24) is 9.78 Å². The van der Waals surface area contributed by atoms with Crippen LogP contribution in [0, 0.1) is 10.1 Å². The van der Waals surface area contributed by atoms with Gasteiger partial charge in [-0.1, -0.05) is 23.2 Å². The van der Waals surface area contributed by atoms with E-state index < -0.39 is 16.7 Å². The van der Waals surface area contributed by atoms with E-state index in [2.05, 4.69) is 5.10 Å². The number of aromatic nitrogens is 2. The number of halogens is 5. The van der Waals surface area contributed by atoms with Gasteiger partial charge in [-0.2, -0.15) is 18.3 Å². The molecule has 0 aliphatic rings. The maximum absolute atomic E-state index is 12.9. The van der Waals surface area contributed by atoms with Crippen molar-refractivity contribution in [3.63, 3.8) is 0 Å². The van der Waals surface area contributed by atoms with Gasteiger partial charge in [-0.05, 0) is 37.1 Å². The molecular weight excluding hydrogens is 474 g/mol. The van der Waals surface area contributed by atoms with E-state index in [9.17, 15) is 23.3 Å². The molecule has 0 aliphatic heterocycles. The smallest absolute Gasteiger partial charge is 0.416 e. The Morgan fingerprint density at radius 2 is 1.84 bits per heavy atom. The van der Waals surface area contributed by atoms with Gasteiger partial charge in [-0.3, -0.25) is 14.8 Å². The van der Waals surface area contributed by atoms with Crippen molar-refractivity contribution in [3.8, 4) is 17.2 Å². The van der Waals surface area contributed by atoms with Crippen LogP contribution in [0.15, 0.2) is 48.8 Å². The number of ether oxygens (including phenoxy) is 2. The van der Waals surface area contributed by atoms with Crippen molar-refractivity contribution in [2.24, 2.45) is 0 Å². The largest absolute Gasteiger partial charge is 0.487 e. The summed E-state index contributed by atoms with van der Waals surface area (Å²) in [5.41, 5.74) is -1.31. The van der Waals surface area contributed by atoms with Gasteiger partial charge in [0.05, 0.1) is 27.1 Å². The fraction of sp³-hybridized carbons (Fsp3) is 0.250. The molecule has 0 amide bonds. The minimum Gasteiger partial charge on any atom is -0.487 e. The van der Waals surface area contributed by atoms with Gasteiger partial charge < -0.3 is 9.47 Å².